The fourth-order valence-corrected chi connectivity index (χ4v) is 4.28. The first kappa shape index (κ1) is 26.1. The Hall–Kier alpha value is -0.950. The molecular formula is C19H33IN4O4S. The van der Waals surface area contributed by atoms with Gasteiger partial charge in [-0.05, 0) is 31.4 Å². The highest BCUT2D eigenvalue weighted by Crippen LogP contribution is 2.31. The van der Waals surface area contributed by atoms with Gasteiger partial charge in [0.1, 0.15) is 0 Å². The summed E-state index contributed by atoms with van der Waals surface area (Å²) in [5.41, 5.74) is 0.541. The number of hydrogen-bond acceptors (Lipinski definition) is 5. The lowest BCUT2D eigenvalue weighted by atomic mass is 9.84. The van der Waals surface area contributed by atoms with Crippen molar-refractivity contribution in [3.63, 3.8) is 0 Å². The van der Waals surface area contributed by atoms with E-state index in [4.69, 9.17) is 4.74 Å². The van der Waals surface area contributed by atoms with Gasteiger partial charge in [0.25, 0.3) is 0 Å². The third-order valence-electron chi connectivity index (χ3n) is 4.94. The molecule has 1 unspecified atom stereocenters. The predicted molar refractivity (Wildman–Crippen MR) is 125 cm³/mol. The average molecular weight is 540 g/mol. The first-order valence-electron chi connectivity index (χ1n) is 9.56. The molecule has 1 fully saturated rings. The van der Waals surface area contributed by atoms with E-state index in [1.165, 1.54) is 18.4 Å². The van der Waals surface area contributed by atoms with E-state index in [1.54, 1.807) is 18.2 Å². The summed E-state index contributed by atoms with van der Waals surface area (Å²) in [6.45, 7) is 4.97. The summed E-state index contributed by atoms with van der Waals surface area (Å²) in [7, 11) is -0.493. The molecule has 166 valence electrons. The number of sulfonamides is 1. The Bertz CT molecular complexity index is 765. The van der Waals surface area contributed by atoms with Crippen LogP contribution in [-0.2, 0) is 21.3 Å². The van der Waals surface area contributed by atoms with Gasteiger partial charge in [-0.2, -0.15) is 0 Å². The number of rotatable bonds is 9. The van der Waals surface area contributed by atoms with Gasteiger partial charge < -0.3 is 20.5 Å². The van der Waals surface area contributed by atoms with Crippen LogP contribution in [0.5, 0.6) is 0 Å². The van der Waals surface area contributed by atoms with Crippen LogP contribution in [0, 0.1) is 5.41 Å². The first-order valence-corrected chi connectivity index (χ1v) is 11.0. The van der Waals surface area contributed by atoms with Gasteiger partial charge in [-0.1, -0.05) is 18.2 Å². The molecule has 0 bridgehead atoms. The second-order valence-corrected chi connectivity index (χ2v) is 9.34. The maximum Gasteiger partial charge on any atom is 0.242 e. The molecule has 0 saturated carbocycles. The van der Waals surface area contributed by atoms with Gasteiger partial charge in [-0.25, -0.2) is 17.7 Å². The molecule has 0 aliphatic carbocycles. The summed E-state index contributed by atoms with van der Waals surface area (Å²) < 4.78 is 31.8. The smallest absolute Gasteiger partial charge is 0.242 e. The van der Waals surface area contributed by atoms with Gasteiger partial charge >= 0.3 is 0 Å². The maximum absolute atomic E-state index is 12.5. The molecule has 0 radical (unpaired) electrons. The van der Waals surface area contributed by atoms with Crippen molar-refractivity contribution in [2.24, 2.45) is 10.4 Å². The van der Waals surface area contributed by atoms with Crippen LogP contribution < -0.4 is 10.6 Å². The van der Waals surface area contributed by atoms with Gasteiger partial charge in [0.15, 0.2) is 5.96 Å². The Labute approximate surface area is 191 Å². The zero-order chi connectivity index (χ0) is 20.6. The van der Waals surface area contributed by atoms with E-state index in [1.807, 2.05) is 13.0 Å². The number of nitrogens with one attached hydrogen (secondary N) is 2. The van der Waals surface area contributed by atoms with Crippen molar-refractivity contribution in [1.29, 1.82) is 0 Å². The Balaban J connectivity index is 0.00000420. The van der Waals surface area contributed by atoms with E-state index >= 15 is 0 Å². The summed E-state index contributed by atoms with van der Waals surface area (Å²) in [6, 6.07) is 6.91. The van der Waals surface area contributed by atoms with Crippen molar-refractivity contribution in [2.45, 2.75) is 31.2 Å². The third kappa shape index (κ3) is 7.06. The number of benzene rings is 1. The number of nitrogens with zero attached hydrogens (tertiary/aromatic N) is 2. The van der Waals surface area contributed by atoms with Crippen LogP contribution in [0.4, 0.5) is 0 Å². The van der Waals surface area contributed by atoms with Crippen LogP contribution in [0.15, 0.2) is 34.2 Å². The van der Waals surface area contributed by atoms with E-state index in [2.05, 4.69) is 15.6 Å². The molecule has 2 rings (SSSR count). The lowest BCUT2D eigenvalue weighted by Crippen LogP contribution is -2.44. The minimum absolute atomic E-state index is 0. The minimum Gasteiger partial charge on any atom is -0.396 e. The van der Waals surface area contributed by atoms with Gasteiger partial charge in [-0.15, -0.1) is 24.0 Å². The van der Waals surface area contributed by atoms with Crippen LogP contribution >= 0.6 is 24.0 Å². The second-order valence-electron chi connectivity index (χ2n) is 7.22. The molecule has 0 amide bonds. The average Bonchev–Trinajstić information content (AvgIpc) is 3.13. The van der Waals surface area contributed by atoms with E-state index in [0.29, 0.717) is 44.2 Å². The molecule has 10 heteroatoms. The fourth-order valence-electron chi connectivity index (χ4n) is 3.17. The molecule has 1 aromatic carbocycles. The second kappa shape index (κ2) is 12.0. The summed E-state index contributed by atoms with van der Waals surface area (Å²) >= 11 is 0. The standard InChI is InChI=1S/C19H32N4O4S.HI/c1-4-20-18(22-14-19(9-11-24)10-12-27-15-19)21-13-16-7-5-6-8-17(16)28(25,26)23(2)3;/h5-8,24H,4,9-15H2,1-3H3,(H2,20,21,22);1H. The van der Waals surface area contributed by atoms with E-state index < -0.39 is 10.0 Å². The Morgan fingerprint density at radius 3 is 2.62 bits per heavy atom. The topological polar surface area (TPSA) is 103 Å². The quantitative estimate of drug-likeness (QED) is 0.249. The number of halogens is 1. The number of aliphatic hydroxyl groups is 1. The van der Waals surface area contributed by atoms with Gasteiger partial charge in [0, 0.05) is 45.8 Å². The van der Waals surface area contributed by atoms with Crippen molar-refractivity contribution in [2.75, 3.05) is 47.0 Å². The summed E-state index contributed by atoms with van der Waals surface area (Å²) in [4.78, 5) is 4.84. The van der Waals surface area contributed by atoms with Crippen LogP contribution in [0.25, 0.3) is 0 Å². The molecule has 3 N–H and O–H groups in total. The van der Waals surface area contributed by atoms with E-state index in [0.717, 1.165) is 6.42 Å². The molecule has 0 spiro atoms. The van der Waals surface area contributed by atoms with Crippen LogP contribution in [0.1, 0.15) is 25.3 Å². The van der Waals surface area contributed by atoms with Crippen molar-refractivity contribution in [3.8, 4) is 0 Å². The maximum atomic E-state index is 12.5. The van der Waals surface area contributed by atoms with Crippen molar-refractivity contribution in [1.82, 2.24) is 14.9 Å². The lowest BCUT2D eigenvalue weighted by Gasteiger charge is -2.27. The molecule has 1 aromatic rings. The highest BCUT2D eigenvalue weighted by molar-refractivity contribution is 14.0. The zero-order valence-corrected chi connectivity index (χ0v) is 20.5. The van der Waals surface area contributed by atoms with Gasteiger partial charge in [0.2, 0.25) is 10.0 Å². The Kier molecular flexibility index (Phi) is 10.8. The molecule has 29 heavy (non-hydrogen) atoms. The number of aliphatic imine (C=N–C) groups is 1. The van der Waals surface area contributed by atoms with Crippen LogP contribution in [0.3, 0.4) is 0 Å². The number of guanidine groups is 1. The number of aliphatic hydroxyl groups excluding tert-OH is 1. The van der Waals surface area contributed by atoms with Crippen LogP contribution in [0.2, 0.25) is 0 Å². The normalized spacial score (nSPS) is 19.8. The number of ether oxygens (including phenoxy) is 1. The lowest BCUT2D eigenvalue weighted by molar-refractivity contribution is 0.127. The highest BCUT2D eigenvalue weighted by atomic mass is 127. The van der Waals surface area contributed by atoms with E-state index in [9.17, 15) is 13.5 Å². The first-order chi connectivity index (χ1) is 13.3. The van der Waals surface area contributed by atoms with Gasteiger partial charge in [0.05, 0.1) is 18.0 Å². The highest BCUT2D eigenvalue weighted by Gasteiger charge is 2.34. The SMILES string of the molecule is CCNC(=NCc1ccccc1S(=O)(=O)N(C)C)NCC1(CCO)CCOC1.I. The number of hydrogen-bond donors (Lipinski definition) is 3. The van der Waals surface area contributed by atoms with Crippen molar-refractivity contribution < 1.29 is 18.3 Å². The molecular weight excluding hydrogens is 507 g/mol. The third-order valence-corrected chi connectivity index (χ3v) is 6.86. The molecule has 1 heterocycles. The molecule has 0 aromatic heterocycles. The van der Waals surface area contributed by atoms with Crippen molar-refractivity contribution in [3.05, 3.63) is 29.8 Å². The molecule has 1 saturated heterocycles. The van der Waals surface area contributed by atoms with Gasteiger partial charge in [-0.3, -0.25) is 0 Å². The summed E-state index contributed by atoms with van der Waals surface area (Å²) in [6.07, 6.45) is 1.56. The Morgan fingerprint density at radius 1 is 1.31 bits per heavy atom. The summed E-state index contributed by atoms with van der Waals surface area (Å²) in [5.74, 6) is 0.615. The molecule has 1 aliphatic heterocycles. The molecule has 1 atom stereocenters. The van der Waals surface area contributed by atoms with E-state index in [-0.39, 0.29) is 47.4 Å². The minimum atomic E-state index is -3.53. The monoisotopic (exact) mass is 540 g/mol. The zero-order valence-electron chi connectivity index (χ0n) is 17.3. The summed E-state index contributed by atoms with van der Waals surface area (Å²) in [5, 5.41) is 15.9. The largest absolute Gasteiger partial charge is 0.396 e. The fraction of sp³-hybridized carbons (Fsp3) is 0.632. The van der Waals surface area contributed by atoms with Crippen molar-refractivity contribution >= 4 is 40.0 Å². The Morgan fingerprint density at radius 2 is 2.03 bits per heavy atom. The van der Waals surface area contributed by atoms with Crippen LogP contribution in [-0.4, -0.2) is 70.8 Å². The predicted octanol–water partition coefficient (Wildman–Crippen LogP) is 1.40. The molecule has 1 aliphatic rings. The molecule has 8 nitrogen and oxygen atoms in total.